The molecule has 0 atom stereocenters. The molecule has 0 unspecified atom stereocenters. The first kappa shape index (κ1) is 13.0. The fourth-order valence-electron chi connectivity index (χ4n) is 1.34. The first-order chi connectivity index (χ1) is 8.30. The van der Waals surface area contributed by atoms with E-state index < -0.39 is 11.7 Å². The molecule has 0 aliphatic rings. The molecule has 18 heavy (non-hydrogen) atoms. The minimum atomic E-state index is -4.57. The Morgan fingerprint density at radius 3 is 2.17 bits per heavy atom. The fraction of sp³-hybridized carbons (Fsp3) is 0.111. The Balaban J connectivity index is 2.62. The lowest BCUT2D eigenvalue weighted by atomic mass is 10.2. The van der Waals surface area contributed by atoms with Crippen LogP contribution in [0.15, 0.2) is 24.5 Å². The van der Waals surface area contributed by atoms with E-state index in [0.717, 1.165) is 17.2 Å². The summed E-state index contributed by atoms with van der Waals surface area (Å²) < 4.78 is 37.5. The molecule has 4 nitrogen and oxygen atoms in total. The molecule has 0 spiro atoms. The van der Waals surface area contributed by atoms with Crippen LogP contribution in [0.1, 0.15) is 5.56 Å². The van der Waals surface area contributed by atoms with Crippen LogP contribution in [-0.4, -0.2) is 9.90 Å². The second-order valence-corrected chi connectivity index (χ2v) is 4.11. The van der Waals surface area contributed by atoms with Crippen LogP contribution in [0.5, 0.6) is 0 Å². The molecular weight excluding hydrogens is 294 g/mol. The van der Waals surface area contributed by atoms with Crippen molar-refractivity contribution in [3.63, 3.8) is 0 Å². The predicted molar refractivity (Wildman–Crippen MR) is 57.5 cm³/mol. The van der Waals surface area contributed by atoms with Gasteiger partial charge in [-0.2, -0.15) is 18.0 Å². The molecule has 1 aromatic carbocycles. The highest BCUT2D eigenvalue weighted by Gasteiger charge is 2.33. The Labute approximate surface area is 109 Å². The third-order valence-corrected chi connectivity index (χ3v) is 2.68. The van der Waals surface area contributed by atoms with Crippen molar-refractivity contribution in [2.45, 2.75) is 6.18 Å². The van der Waals surface area contributed by atoms with E-state index in [1.54, 1.807) is 0 Å². The molecule has 0 saturated heterocycles. The minimum Gasteiger partial charge on any atom is -0.692 e. The van der Waals surface area contributed by atoms with Crippen molar-refractivity contribution in [1.29, 1.82) is 0 Å². The molecule has 2 rings (SSSR count). The molecule has 1 heterocycles. The summed E-state index contributed by atoms with van der Waals surface area (Å²) in [7, 11) is 0. The van der Waals surface area contributed by atoms with Crippen molar-refractivity contribution in [3.05, 3.63) is 45.3 Å². The molecule has 0 N–H and O–H groups in total. The zero-order valence-electron chi connectivity index (χ0n) is 8.45. The minimum absolute atomic E-state index is 0.105. The Bertz CT molecular complexity index is 574. The average molecular weight is 298 g/mol. The molecule has 0 amide bonds. The second-order valence-electron chi connectivity index (χ2n) is 3.29. The van der Waals surface area contributed by atoms with Gasteiger partial charge in [0.2, 0.25) is 6.20 Å². The summed E-state index contributed by atoms with van der Waals surface area (Å²) in [5, 5.41) is 14.3. The van der Waals surface area contributed by atoms with Gasteiger partial charge in [-0.1, -0.05) is 23.2 Å². The highest BCUT2D eigenvalue weighted by Crippen LogP contribution is 2.36. The van der Waals surface area contributed by atoms with Gasteiger partial charge in [0.25, 0.3) is 0 Å². The van der Waals surface area contributed by atoms with E-state index in [1.165, 1.54) is 0 Å². The second kappa shape index (κ2) is 4.33. The highest BCUT2D eigenvalue weighted by atomic mass is 35.5. The number of hydrogen-bond donors (Lipinski definition) is 0. The molecule has 2 aromatic rings. The number of halogens is 5. The van der Waals surface area contributed by atoms with Gasteiger partial charge >= 0.3 is 6.18 Å². The molecular formula is C9H4Cl2F3N3O. The third kappa shape index (κ3) is 2.23. The van der Waals surface area contributed by atoms with E-state index in [9.17, 15) is 18.4 Å². The smallest absolute Gasteiger partial charge is 0.416 e. The summed E-state index contributed by atoms with van der Waals surface area (Å²) >= 11 is 11.4. The first-order valence-electron chi connectivity index (χ1n) is 4.51. The van der Waals surface area contributed by atoms with Crippen molar-refractivity contribution in [1.82, 2.24) is 9.90 Å². The van der Waals surface area contributed by atoms with Gasteiger partial charge in [-0.3, -0.25) is 0 Å². The zero-order chi connectivity index (χ0) is 13.5. The van der Waals surface area contributed by atoms with Crippen LogP contribution >= 0.6 is 23.2 Å². The normalized spacial score (nSPS) is 11.8. The van der Waals surface area contributed by atoms with Gasteiger partial charge in [0, 0.05) is 5.10 Å². The summed E-state index contributed by atoms with van der Waals surface area (Å²) in [6.07, 6.45) is -2.34. The van der Waals surface area contributed by atoms with Gasteiger partial charge in [0.1, 0.15) is 0 Å². The van der Waals surface area contributed by atoms with Gasteiger partial charge in [-0.15, -0.1) is 0 Å². The van der Waals surface area contributed by atoms with Gasteiger partial charge in [-0.05, 0) is 16.9 Å². The maximum absolute atomic E-state index is 12.5. The van der Waals surface area contributed by atoms with Crippen LogP contribution in [0.2, 0.25) is 10.0 Å². The van der Waals surface area contributed by atoms with Crippen LogP contribution in [0, 0.1) is 5.21 Å². The maximum atomic E-state index is 12.5. The summed E-state index contributed by atoms with van der Waals surface area (Å²) in [5.41, 5.74) is -1.10. The summed E-state index contributed by atoms with van der Waals surface area (Å²) in [6.45, 7) is 0. The standard InChI is InChI=1S/C9H4Cl2F3N3O/c10-6-3-5(9(12,13)14)4-7(11)8(6)17-15-1-2-16(17)18/h1-4H. The lowest BCUT2D eigenvalue weighted by molar-refractivity contribution is -0.688. The molecule has 0 aliphatic heterocycles. The van der Waals surface area contributed by atoms with Gasteiger partial charge < -0.3 is 5.21 Å². The van der Waals surface area contributed by atoms with Gasteiger partial charge in [-0.25, -0.2) is 0 Å². The monoisotopic (exact) mass is 297 g/mol. The number of aromatic nitrogens is 3. The van der Waals surface area contributed by atoms with Crippen molar-refractivity contribution in [3.8, 4) is 5.69 Å². The van der Waals surface area contributed by atoms with Crippen LogP contribution in [0.3, 0.4) is 0 Å². The van der Waals surface area contributed by atoms with E-state index in [0.29, 0.717) is 17.0 Å². The van der Waals surface area contributed by atoms with Gasteiger partial charge in [0.15, 0.2) is 11.9 Å². The van der Waals surface area contributed by atoms with Crippen LogP contribution in [0.25, 0.3) is 5.69 Å². The van der Waals surface area contributed by atoms with E-state index in [2.05, 4.69) is 5.10 Å². The fourth-order valence-corrected chi connectivity index (χ4v) is 1.98. The summed E-state index contributed by atoms with van der Waals surface area (Å²) in [6, 6.07) is 1.37. The quantitative estimate of drug-likeness (QED) is 0.600. The summed E-state index contributed by atoms with van der Waals surface area (Å²) in [4.78, 5) is 1.05. The van der Waals surface area contributed by atoms with Gasteiger partial charge in [0.05, 0.1) is 15.6 Å². The molecule has 0 aliphatic carbocycles. The lowest BCUT2D eigenvalue weighted by Gasteiger charge is -2.11. The summed E-state index contributed by atoms with van der Waals surface area (Å²) in [5.74, 6) is 0. The van der Waals surface area contributed by atoms with E-state index in [4.69, 9.17) is 23.2 Å². The van der Waals surface area contributed by atoms with Crippen LogP contribution in [-0.2, 0) is 6.18 Å². The van der Waals surface area contributed by atoms with Crippen molar-refractivity contribution >= 4 is 23.2 Å². The number of nitrogens with zero attached hydrogens (tertiary/aromatic N) is 3. The molecule has 0 saturated carbocycles. The predicted octanol–water partition coefficient (Wildman–Crippen LogP) is 2.83. The first-order valence-corrected chi connectivity index (χ1v) is 5.26. The lowest BCUT2D eigenvalue weighted by Crippen LogP contribution is -2.36. The maximum Gasteiger partial charge on any atom is 0.416 e. The number of benzene rings is 1. The molecule has 9 heteroatoms. The Hall–Kier alpha value is -1.47. The van der Waals surface area contributed by atoms with Crippen molar-refractivity contribution < 1.29 is 18.0 Å². The van der Waals surface area contributed by atoms with E-state index >= 15 is 0 Å². The Kier molecular flexibility index (Phi) is 3.12. The molecule has 0 fully saturated rings. The number of rotatable bonds is 1. The number of alkyl halides is 3. The third-order valence-electron chi connectivity index (χ3n) is 2.10. The highest BCUT2D eigenvalue weighted by molar-refractivity contribution is 6.37. The Morgan fingerprint density at radius 1 is 1.22 bits per heavy atom. The zero-order valence-corrected chi connectivity index (χ0v) is 9.96. The average Bonchev–Trinajstić information content (AvgIpc) is 2.62. The molecule has 0 bridgehead atoms. The van der Waals surface area contributed by atoms with Crippen LogP contribution < -0.4 is 4.85 Å². The van der Waals surface area contributed by atoms with E-state index in [1.807, 2.05) is 0 Å². The van der Waals surface area contributed by atoms with E-state index in [-0.39, 0.29) is 15.7 Å². The SMILES string of the molecule is [O-][n+]1ccnn1-c1c(Cl)cc(C(F)(F)F)cc1Cl. The Morgan fingerprint density at radius 2 is 1.78 bits per heavy atom. The molecule has 96 valence electrons. The topological polar surface area (TPSA) is 44.8 Å². The molecule has 1 aromatic heterocycles. The molecule has 0 radical (unpaired) electrons. The van der Waals surface area contributed by atoms with Crippen LogP contribution in [0.4, 0.5) is 13.2 Å². The largest absolute Gasteiger partial charge is 0.692 e. The van der Waals surface area contributed by atoms with Crippen molar-refractivity contribution in [2.24, 2.45) is 0 Å². The van der Waals surface area contributed by atoms with Crippen molar-refractivity contribution in [2.75, 3.05) is 0 Å². The number of hydrogen-bond acceptors (Lipinski definition) is 2.